The van der Waals surface area contributed by atoms with Gasteiger partial charge in [-0.25, -0.2) is 9.18 Å². The average molecular weight is 381 g/mol. The van der Waals surface area contributed by atoms with Crippen LogP contribution in [0.25, 0.3) is 0 Å². The number of hydrogen-bond acceptors (Lipinski definition) is 3. The van der Waals surface area contributed by atoms with Crippen LogP contribution in [0.4, 0.5) is 9.18 Å². The van der Waals surface area contributed by atoms with E-state index in [4.69, 9.17) is 4.74 Å². The van der Waals surface area contributed by atoms with Gasteiger partial charge in [0.25, 0.3) is 0 Å². The second-order valence-electron chi connectivity index (χ2n) is 8.97. The van der Waals surface area contributed by atoms with Crippen molar-refractivity contribution in [2.75, 3.05) is 6.54 Å². The predicted molar refractivity (Wildman–Crippen MR) is 105 cm³/mol. The Morgan fingerprint density at radius 1 is 1.07 bits per heavy atom. The average Bonchev–Trinajstić information content (AvgIpc) is 2.48. The zero-order valence-electron chi connectivity index (χ0n) is 17.3. The first kappa shape index (κ1) is 22.9. The van der Waals surface area contributed by atoms with E-state index in [0.717, 1.165) is 12.0 Å². The Morgan fingerprint density at radius 3 is 2.19 bits per heavy atom. The summed E-state index contributed by atoms with van der Waals surface area (Å²) in [5, 5.41) is 5.67. The van der Waals surface area contributed by atoms with E-state index in [-0.39, 0.29) is 29.6 Å². The molecule has 0 aliphatic heterocycles. The van der Waals surface area contributed by atoms with Gasteiger partial charge in [0, 0.05) is 13.0 Å². The molecule has 0 spiro atoms. The Hall–Kier alpha value is -2.11. The summed E-state index contributed by atoms with van der Waals surface area (Å²) in [6.07, 6.45) is 1.05. The van der Waals surface area contributed by atoms with Crippen LogP contribution in [0.15, 0.2) is 24.3 Å². The molecule has 1 atom stereocenters. The molecule has 1 unspecified atom stereocenters. The van der Waals surface area contributed by atoms with Crippen LogP contribution in [0.3, 0.4) is 0 Å². The zero-order valence-corrected chi connectivity index (χ0v) is 17.3. The molecule has 0 heterocycles. The highest BCUT2D eigenvalue weighted by molar-refractivity contribution is 5.76. The van der Waals surface area contributed by atoms with Crippen molar-refractivity contribution in [2.45, 2.75) is 72.4 Å². The van der Waals surface area contributed by atoms with Crippen molar-refractivity contribution in [3.05, 3.63) is 35.6 Å². The van der Waals surface area contributed by atoms with E-state index in [2.05, 4.69) is 31.4 Å². The van der Waals surface area contributed by atoms with Crippen LogP contribution in [-0.2, 0) is 9.53 Å². The van der Waals surface area contributed by atoms with Gasteiger partial charge in [-0.1, -0.05) is 32.9 Å². The van der Waals surface area contributed by atoms with E-state index in [9.17, 15) is 14.0 Å². The number of amides is 2. The topological polar surface area (TPSA) is 67.4 Å². The molecule has 0 aromatic heterocycles. The molecular weight excluding hydrogens is 347 g/mol. The lowest BCUT2D eigenvalue weighted by molar-refractivity contribution is -0.122. The van der Waals surface area contributed by atoms with E-state index in [0.29, 0.717) is 13.0 Å². The highest BCUT2D eigenvalue weighted by Crippen LogP contribution is 2.29. The summed E-state index contributed by atoms with van der Waals surface area (Å²) in [6, 6.07) is 6.03. The van der Waals surface area contributed by atoms with Gasteiger partial charge in [0.15, 0.2) is 0 Å². The van der Waals surface area contributed by atoms with Crippen molar-refractivity contribution in [3.8, 4) is 0 Å². The van der Waals surface area contributed by atoms with Gasteiger partial charge < -0.3 is 15.4 Å². The van der Waals surface area contributed by atoms with Crippen LogP contribution in [0.1, 0.15) is 72.4 Å². The van der Waals surface area contributed by atoms with Crippen LogP contribution in [0, 0.1) is 11.2 Å². The van der Waals surface area contributed by atoms with Crippen molar-refractivity contribution < 1.29 is 18.7 Å². The first-order chi connectivity index (χ1) is 12.4. The number of hydrogen-bond donors (Lipinski definition) is 2. The summed E-state index contributed by atoms with van der Waals surface area (Å²) in [6.45, 7) is 12.0. The summed E-state index contributed by atoms with van der Waals surface area (Å²) in [5.41, 5.74) is 0.341. The molecule has 0 saturated heterocycles. The number of ether oxygens (including phenoxy) is 1. The van der Waals surface area contributed by atoms with Gasteiger partial charge in [-0.05, 0) is 56.7 Å². The van der Waals surface area contributed by atoms with Gasteiger partial charge in [0.05, 0.1) is 6.04 Å². The molecule has 6 heteroatoms. The molecular formula is C21H33FN2O3. The summed E-state index contributed by atoms with van der Waals surface area (Å²) < 4.78 is 18.3. The normalized spacial score (nSPS) is 13.0. The van der Waals surface area contributed by atoms with Gasteiger partial charge in [0.2, 0.25) is 5.91 Å². The Morgan fingerprint density at radius 2 is 1.67 bits per heavy atom. The first-order valence-electron chi connectivity index (χ1n) is 9.37. The minimum atomic E-state index is -0.545. The number of rotatable bonds is 7. The molecule has 27 heavy (non-hydrogen) atoms. The third-order valence-corrected chi connectivity index (χ3v) is 3.67. The number of carbonyl (C=O) groups is 2. The minimum absolute atomic E-state index is 0.00457. The lowest BCUT2D eigenvalue weighted by Gasteiger charge is -2.27. The predicted octanol–water partition coefficient (Wildman–Crippen LogP) is 4.72. The monoisotopic (exact) mass is 380 g/mol. The van der Waals surface area contributed by atoms with E-state index in [1.54, 1.807) is 32.9 Å². The van der Waals surface area contributed by atoms with Crippen molar-refractivity contribution >= 4 is 12.0 Å². The molecule has 2 N–H and O–H groups in total. The number of halogens is 1. The molecule has 2 amide bonds. The molecule has 0 saturated carbocycles. The SMILES string of the molecule is CC(C)(C)CC(NC(=O)CCCNC(=O)OC(C)(C)C)c1ccc(F)cc1. The van der Waals surface area contributed by atoms with Crippen molar-refractivity contribution in [1.29, 1.82) is 0 Å². The third-order valence-electron chi connectivity index (χ3n) is 3.67. The molecule has 1 rings (SSSR count). The van der Waals surface area contributed by atoms with E-state index in [1.165, 1.54) is 12.1 Å². The molecule has 0 bridgehead atoms. The number of nitrogens with one attached hydrogen (secondary N) is 2. The second-order valence-corrected chi connectivity index (χ2v) is 8.97. The quantitative estimate of drug-likeness (QED) is 0.672. The maximum atomic E-state index is 13.2. The van der Waals surface area contributed by atoms with Crippen molar-refractivity contribution in [3.63, 3.8) is 0 Å². The van der Waals surface area contributed by atoms with Gasteiger partial charge in [-0.15, -0.1) is 0 Å². The first-order valence-corrected chi connectivity index (χ1v) is 9.37. The van der Waals surface area contributed by atoms with Gasteiger partial charge in [-0.2, -0.15) is 0 Å². The number of benzene rings is 1. The molecule has 5 nitrogen and oxygen atoms in total. The zero-order chi connectivity index (χ0) is 20.7. The fraction of sp³-hybridized carbons (Fsp3) is 0.619. The Bertz CT molecular complexity index is 616. The largest absolute Gasteiger partial charge is 0.444 e. The van der Waals surface area contributed by atoms with Crippen LogP contribution >= 0.6 is 0 Å². The highest BCUT2D eigenvalue weighted by atomic mass is 19.1. The molecule has 0 aliphatic rings. The van der Waals surface area contributed by atoms with E-state index in [1.807, 2.05) is 0 Å². The molecule has 0 aliphatic carbocycles. The Balaban J connectivity index is 2.52. The maximum absolute atomic E-state index is 13.2. The van der Waals surface area contributed by atoms with Crippen LogP contribution in [0.5, 0.6) is 0 Å². The second kappa shape index (κ2) is 9.72. The van der Waals surface area contributed by atoms with Gasteiger partial charge in [0.1, 0.15) is 11.4 Å². The molecule has 0 fully saturated rings. The molecule has 1 aromatic rings. The van der Waals surface area contributed by atoms with E-state index >= 15 is 0 Å². The minimum Gasteiger partial charge on any atom is -0.444 e. The van der Waals surface area contributed by atoms with Crippen molar-refractivity contribution in [1.82, 2.24) is 10.6 Å². The Kier molecular flexibility index (Phi) is 8.25. The van der Waals surface area contributed by atoms with Crippen LogP contribution in [-0.4, -0.2) is 24.1 Å². The lowest BCUT2D eigenvalue weighted by Crippen LogP contribution is -2.34. The van der Waals surface area contributed by atoms with Crippen LogP contribution in [0.2, 0.25) is 0 Å². The summed E-state index contributed by atoms with van der Waals surface area (Å²) in [4.78, 5) is 23.9. The summed E-state index contributed by atoms with van der Waals surface area (Å²) in [7, 11) is 0. The number of alkyl carbamates (subject to hydrolysis) is 1. The molecule has 0 radical (unpaired) electrons. The highest BCUT2D eigenvalue weighted by Gasteiger charge is 2.22. The maximum Gasteiger partial charge on any atom is 0.407 e. The summed E-state index contributed by atoms with van der Waals surface area (Å²) in [5.74, 6) is -0.396. The lowest BCUT2D eigenvalue weighted by atomic mass is 9.85. The van der Waals surface area contributed by atoms with Crippen LogP contribution < -0.4 is 10.6 Å². The van der Waals surface area contributed by atoms with Gasteiger partial charge in [-0.3, -0.25) is 4.79 Å². The third kappa shape index (κ3) is 10.6. The Labute approximate surface area is 162 Å². The summed E-state index contributed by atoms with van der Waals surface area (Å²) >= 11 is 0. The molecule has 1 aromatic carbocycles. The smallest absolute Gasteiger partial charge is 0.407 e. The van der Waals surface area contributed by atoms with Crippen molar-refractivity contribution in [2.24, 2.45) is 5.41 Å². The molecule has 152 valence electrons. The van der Waals surface area contributed by atoms with E-state index < -0.39 is 11.7 Å². The fourth-order valence-corrected chi connectivity index (χ4v) is 2.58. The fourth-order valence-electron chi connectivity index (χ4n) is 2.58. The standard InChI is InChI=1S/C21H33FN2O3/c1-20(2,3)14-17(15-9-11-16(22)12-10-15)24-18(25)8-7-13-23-19(26)27-21(4,5)6/h9-12,17H,7-8,13-14H2,1-6H3,(H,23,26)(H,24,25). The van der Waals surface area contributed by atoms with Gasteiger partial charge >= 0.3 is 6.09 Å². The number of carbonyl (C=O) groups excluding carboxylic acids is 2.